The molecular formula is C26H20F3NO2S. The first-order valence-electron chi connectivity index (χ1n) is 10.5. The van der Waals surface area contributed by atoms with E-state index < -0.39 is 17.8 Å². The molecule has 0 saturated carbocycles. The van der Waals surface area contributed by atoms with Crippen molar-refractivity contribution in [2.75, 3.05) is 12.4 Å². The molecular weight excluding hydrogens is 447 g/mol. The van der Waals surface area contributed by atoms with Gasteiger partial charge in [0.05, 0.1) is 23.2 Å². The third-order valence-electron chi connectivity index (χ3n) is 6.02. The minimum Gasteiger partial charge on any atom is -0.394 e. The maximum Gasteiger partial charge on any atom is 0.416 e. The van der Waals surface area contributed by atoms with Crippen molar-refractivity contribution in [3.63, 3.8) is 0 Å². The number of aliphatic hydroxyl groups is 1. The van der Waals surface area contributed by atoms with Crippen LogP contribution >= 0.6 is 11.8 Å². The molecule has 1 unspecified atom stereocenters. The molecule has 168 valence electrons. The lowest BCUT2D eigenvalue weighted by Crippen LogP contribution is -2.26. The number of hydrogen-bond acceptors (Lipinski definition) is 3. The molecule has 1 N–H and O–H groups in total. The van der Waals surface area contributed by atoms with E-state index in [1.165, 1.54) is 28.5 Å². The van der Waals surface area contributed by atoms with Crippen LogP contribution in [0.15, 0.2) is 82.6 Å². The van der Waals surface area contributed by atoms with E-state index in [9.17, 15) is 23.1 Å². The lowest BCUT2D eigenvalue weighted by molar-refractivity contribution is -0.137. The van der Waals surface area contributed by atoms with Crippen LogP contribution in [0.25, 0.3) is 21.9 Å². The zero-order valence-corrected chi connectivity index (χ0v) is 18.3. The van der Waals surface area contributed by atoms with Gasteiger partial charge in [-0.25, -0.2) is 0 Å². The van der Waals surface area contributed by atoms with Crippen LogP contribution in [0, 0.1) is 0 Å². The third kappa shape index (κ3) is 3.96. The van der Waals surface area contributed by atoms with Crippen molar-refractivity contribution in [3.8, 4) is 11.1 Å². The number of pyridine rings is 1. The Bertz CT molecular complexity index is 1410. The highest BCUT2D eigenvalue weighted by atomic mass is 32.2. The van der Waals surface area contributed by atoms with Crippen LogP contribution in [0.2, 0.25) is 0 Å². The normalized spacial score (nSPS) is 15.7. The summed E-state index contributed by atoms with van der Waals surface area (Å²) < 4.78 is 41.9. The molecule has 0 aliphatic carbocycles. The fraction of sp³-hybridized carbons (Fsp3) is 0.192. The zero-order chi connectivity index (χ0) is 23.2. The van der Waals surface area contributed by atoms with E-state index in [0.717, 1.165) is 28.5 Å². The van der Waals surface area contributed by atoms with Gasteiger partial charge in [-0.15, -0.1) is 11.8 Å². The van der Waals surface area contributed by atoms with Gasteiger partial charge in [-0.05, 0) is 46.0 Å². The van der Waals surface area contributed by atoms with E-state index in [1.807, 2.05) is 42.5 Å². The number of nitrogens with zero attached hydrogens (tertiary/aromatic N) is 1. The number of halogens is 3. The summed E-state index contributed by atoms with van der Waals surface area (Å²) in [6.07, 6.45) is -4.07. The number of hydrogen-bond donors (Lipinski definition) is 1. The summed E-state index contributed by atoms with van der Waals surface area (Å²) in [6.45, 7) is -0.204. The summed E-state index contributed by atoms with van der Waals surface area (Å²) in [4.78, 5) is 13.0. The average Bonchev–Trinajstić information content (AvgIpc) is 3.24. The highest BCUT2D eigenvalue weighted by molar-refractivity contribution is 7.99. The Balaban J connectivity index is 1.74. The zero-order valence-electron chi connectivity index (χ0n) is 17.5. The van der Waals surface area contributed by atoms with E-state index in [2.05, 4.69) is 0 Å². The molecule has 0 amide bonds. The molecule has 1 aromatic heterocycles. The first-order chi connectivity index (χ1) is 15.9. The van der Waals surface area contributed by atoms with Crippen LogP contribution in [-0.2, 0) is 12.6 Å². The summed E-state index contributed by atoms with van der Waals surface area (Å²) in [7, 11) is 0. The summed E-state index contributed by atoms with van der Waals surface area (Å²) in [6, 6.07) is 20.2. The van der Waals surface area contributed by atoms with Crippen LogP contribution in [0.1, 0.15) is 22.7 Å². The molecule has 33 heavy (non-hydrogen) atoms. The monoisotopic (exact) mass is 467 g/mol. The average molecular weight is 468 g/mol. The molecule has 0 fully saturated rings. The number of thioether (sulfide) groups is 1. The number of aromatic nitrogens is 1. The maximum atomic E-state index is 13.5. The highest BCUT2D eigenvalue weighted by Crippen LogP contribution is 2.42. The Morgan fingerprint density at radius 3 is 2.52 bits per heavy atom. The quantitative estimate of drug-likeness (QED) is 0.405. The minimum absolute atomic E-state index is 0.204. The molecule has 1 aliphatic heterocycles. The smallest absolute Gasteiger partial charge is 0.394 e. The molecule has 0 saturated heterocycles. The fourth-order valence-corrected chi connectivity index (χ4v) is 5.85. The second-order valence-electron chi connectivity index (χ2n) is 8.10. The summed E-state index contributed by atoms with van der Waals surface area (Å²) in [5.41, 5.74) is 1.72. The Kier molecular flexibility index (Phi) is 5.54. The third-order valence-corrected chi connectivity index (χ3v) is 7.24. The van der Waals surface area contributed by atoms with E-state index >= 15 is 0 Å². The first kappa shape index (κ1) is 21.8. The van der Waals surface area contributed by atoms with Gasteiger partial charge in [-0.2, -0.15) is 13.2 Å². The number of aliphatic hydroxyl groups excluding tert-OH is 1. The van der Waals surface area contributed by atoms with Gasteiger partial charge in [0.2, 0.25) is 0 Å². The SMILES string of the molecule is O=c1cc(Cc2cccc3ccccc23)c(-c2cccc(C(F)(F)F)c2)c2n1C(CO)CS2. The predicted molar refractivity (Wildman–Crippen MR) is 125 cm³/mol. The summed E-state index contributed by atoms with van der Waals surface area (Å²) in [5, 5.41) is 12.5. The van der Waals surface area contributed by atoms with Crippen molar-refractivity contribution in [2.45, 2.75) is 23.7 Å². The molecule has 4 aromatic rings. The molecule has 3 aromatic carbocycles. The lowest BCUT2D eigenvalue weighted by Gasteiger charge is -2.19. The lowest BCUT2D eigenvalue weighted by atomic mass is 9.93. The number of fused-ring (bicyclic) bond motifs is 2. The maximum absolute atomic E-state index is 13.5. The van der Waals surface area contributed by atoms with Gasteiger partial charge in [-0.1, -0.05) is 54.6 Å². The Labute approximate surface area is 192 Å². The first-order valence-corrected chi connectivity index (χ1v) is 11.5. The van der Waals surface area contributed by atoms with Crippen molar-refractivity contribution < 1.29 is 18.3 Å². The van der Waals surface area contributed by atoms with Crippen LogP contribution in [0.5, 0.6) is 0 Å². The molecule has 1 atom stereocenters. The molecule has 5 rings (SSSR count). The van der Waals surface area contributed by atoms with Gasteiger partial charge in [0.25, 0.3) is 5.56 Å². The van der Waals surface area contributed by atoms with Crippen LogP contribution in [0.4, 0.5) is 13.2 Å². The molecule has 2 heterocycles. The second-order valence-corrected chi connectivity index (χ2v) is 9.11. The predicted octanol–water partition coefficient (Wildman–Crippen LogP) is 5.92. The van der Waals surface area contributed by atoms with Gasteiger partial charge in [0.15, 0.2) is 0 Å². The van der Waals surface area contributed by atoms with Crippen molar-refractivity contribution >= 4 is 22.5 Å². The van der Waals surface area contributed by atoms with Crippen LogP contribution < -0.4 is 5.56 Å². The topological polar surface area (TPSA) is 42.2 Å². The Hall–Kier alpha value is -3.03. The van der Waals surface area contributed by atoms with Gasteiger partial charge in [0, 0.05) is 17.4 Å². The molecule has 0 radical (unpaired) electrons. The van der Waals surface area contributed by atoms with Crippen molar-refractivity contribution in [1.82, 2.24) is 4.57 Å². The van der Waals surface area contributed by atoms with E-state index in [4.69, 9.17) is 0 Å². The van der Waals surface area contributed by atoms with Crippen LogP contribution in [0.3, 0.4) is 0 Å². The number of rotatable bonds is 4. The second kappa shape index (κ2) is 8.39. The van der Waals surface area contributed by atoms with Crippen molar-refractivity contribution in [3.05, 3.63) is 99.8 Å². The summed E-state index contributed by atoms with van der Waals surface area (Å²) in [5.74, 6) is 0.495. The molecule has 0 bridgehead atoms. The van der Waals surface area contributed by atoms with Crippen molar-refractivity contribution in [2.24, 2.45) is 0 Å². The number of benzene rings is 3. The Morgan fingerprint density at radius 1 is 0.970 bits per heavy atom. The standard InChI is InChI=1S/C26H20F3NO2S/c27-26(28,29)20-9-4-8-18(12-20)24-19(13-23(32)30-21(14-31)15-33-25(24)30)11-17-7-3-6-16-5-1-2-10-22(16)17/h1-10,12-13,21,31H,11,14-15H2. The van der Waals surface area contributed by atoms with E-state index in [1.54, 1.807) is 6.07 Å². The van der Waals surface area contributed by atoms with Gasteiger partial charge < -0.3 is 5.11 Å². The molecule has 1 aliphatic rings. The minimum atomic E-state index is -4.47. The largest absolute Gasteiger partial charge is 0.416 e. The Morgan fingerprint density at radius 2 is 1.73 bits per heavy atom. The van der Waals surface area contributed by atoms with E-state index in [-0.39, 0.29) is 12.2 Å². The van der Waals surface area contributed by atoms with E-state index in [0.29, 0.717) is 33.9 Å². The van der Waals surface area contributed by atoms with Gasteiger partial charge >= 0.3 is 6.18 Å². The molecule has 7 heteroatoms. The van der Waals surface area contributed by atoms with Gasteiger partial charge in [-0.3, -0.25) is 9.36 Å². The number of alkyl halides is 3. The molecule has 3 nitrogen and oxygen atoms in total. The van der Waals surface area contributed by atoms with Crippen molar-refractivity contribution in [1.29, 1.82) is 0 Å². The fourth-order valence-electron chi connectivity index (χ4n) is 4.47. The van der Waals surface area contributed by atoms with Gasteiger partial charge in [0.1, 0.15) is 0 Å². The highest BCUT2D eigenvalue weighted by Gasteiger charge is 2.32. The van der Waals surface area contributed by atoms with Crippen LogP contribution in [-0.4, -0.2) is 22.0 Å². The molecule has 0 spiro atoms. The summed E-state index contributed by atoms with van der Waals surface area (Å²) >= 11 is 1.40.